The van der Waals surface area contributed by atoms with Crippen LogP contribution in [0.15, 0.2) is 77.7 Å². The van der Waals surface area contributed by atoms with E-state index in [-0.39, 0.29) is 17.9 Å². The van der Waals surface area contributed by atoms with Gasteiger partial charge in [0.1, 0.15) is 0 Å². The van der Waals surface area contributed by atoms with E-state index in [2.05, 4.69) is 47.2 Å². The smallest absolute Gasteiger partial charge is 0.229 e. The summed E-state index contributed by atoms with van der Waals surface area (Å²) < 4.78 is 0. The SMILES string of the molecule is N#CC1=CC(C(=O)N2CCC(NC3=CC(c4cccc(C#N)c4)=CC4CCNC=C34)CC2)CC=C1. The van der Waals surface area contributed by atoms with Gasteiger partial charge in [0.25, 0.3) is 0 Å². The van der Waals surface area contributed by atoms with Gasteiger partial charge in [0, 0.05) is 49.1 Å². The molecule has 0 radical (unpaired) electrons. The predicted molar refractivity (Wildman–Crippen MR) is 135 cm³/mol. The van der Waals surface area contributed by atoms with Gasteiger partial charge in [-0.25, -0.2) is 0 Å². The van der Waals surface area contributed by atoms with Gasteiger partial charge in [0.2, 0.25) is 5.91 Å². The Bertz CT molecular complexity index is 1240. The zero-order valence-corrected chi connectivity index (χ0v) is 19.7. The molecular weight excluding hydrogens is 434 g/mol. The van der Waals surface area contributed by atoms with Crippen LogP contribution in [0.25, 0.3) is 5.57 Å². The molecule has 1 saturated heterocycles. The van der Waals surface area contributed by atoms with E-state index in [0.29, 0.717) is 36.6 Å². The van der Waals surface area contributed by atoms with E-state index in [9.17, 15) is 10.1 Å². The van der Waals surface area contributed by atoms with Crippen LogP contribution in [0, 0.1) is 34.5 Å². The molecule has 1 fully saturated rings. The van der Waals surface area contributed by atoms with E-state index in [0.717, 1.165) is 42.6 Å². The highest BCUT2D eigenvalue weighted by molar-refractivity contribution is 5.82. The van der Waals surface area contributed by atoms with Gasteiger partial charge >= 0.3 is 0 Å². The third-order valence-electron chi connectivity index (χ3n) is 7.25. The monoisotopic (exact) mass is 463 g/mol. The molecule has 1 amide bonds. The summed E-state index contributed by atoms with van der Waals surface area (Å²) in [4.78, 5) is 15.0. The lowest BCUT2D eigenvalue weighted by molar-refractivity contribution is -0.135. The lowest BCUT2D eigenvalue weighted by atomic mass is 9.82. The van der Waals surface area contributed by atoms with Crippen molar-refractivity contribution in [2.24, 2.45) is 11.8 Å². The lowest BCUT2D eigenvalue weighted by Crippen LogP contribution is -2.47. The summed E-state index contributed by atoms with van der Waals surface area (Å²) in [5.41, 5.74) is 5.85. The quantitative estimate of drug-likeness (QED) is 0.706. The first-order chi connectivity index (χ1) is 17.1. The first kappa shape index (κ1) is 22.7. The molecule has 4 aliphatic rings. The topological polar surface area (TPSA) is 92.0 Å². The second-order valence-electron chi connectivity index (χ2n) is 9.54. The van der Waals surface area contributed by atoms with Gasteiger partial charge in [-0.1, -0.05) is 30.4 Å². The van der Waals surface area contributed by atoms with Gasteiger partial charge in [0.05, 0.1) is 23.6 Å². The van der Waals surface area contributed by atoms with E-state index < -0.39 is 0 Å². The maximum Gasteiger partial charge on any atom is 0.229 e. The number of hydrogen-bond acceptors (Lipinski definition) is 5. The largest absolute Gasteiger partial charge is 0.391 e. The second kappa shape index (κ2) is 10.1. The molecule has 0 saturated carbocycles. The summed E-state index contributed by atoms with van der Waals surface area (Å²) in [5.74, 6) is 0.238. The van der Waals surface area contributed by atoms with Crippen LogP contribution >= 0.6 is 0 Å². The van der Waals surface area contributed by atoms with Crippen molar-refractivity contribution in [1.29, 1.82) is 10.5 Å². The van der Waals surface area contributed by atoms with Crippen LogP contribution in [0.5, 0.6) is 0 Å². The minimum Gasteiger partial charge on any atom is -0.391 e. The molecule has 1 aromatic carbocycles. The number of hydrogen-bond donors (Lipinski definition) is 2. The van der Waals surface area contributed by atoms with Crippen molar-refractivity contribution in [3.05, 3.63) is 88.8 Å². The van der Waals surface area contributed by atoms with Crippen molar-refractivity contribution in [3.8, 4) is 12.1 Å². The summed E-state index contributed by atoms with van der Waals surface area (Å²) in [6.07, 6.45) is 15.6. The maximum absolute atomic E-state index is 13.0. The van der Waals surface area contributed by atoms with Crippen molar-refractivity contribution in [2.45, 2.75) is 31.7 Å². The number of amides is 1. The minimum absolute atomic E-state index is 0.124. The molecule has 0 bridgehead atoms. The third-order valence-corrected chi connectivity index (χ3v) is 7.25. The highest BCUT2D eigenvalue weighted by Crippen LogP contribution is 2.35. The number of piperidine rings is 1. The van der Waals surface area contributed by atoms with Crippen molar-refractivity contribution >= 4 is 11.5 Å². The van der Waals surface area contributed by atoms with Crippen molar-refractivity contribution in [3.63, 3.8) is 0 Å². The Labute approximate surface area is 206 Å². The molecule has 1 aromatic rings. The van der Waals surface area contributed by atoms with Gasteiger partial charge in [0.15, 0.2) is 0 Å². The van der Waals surface area contributed by atoms with Crippen molar-refractivity contribution < 1.29 is 4.79 Å². The Morgan fingerprint density at radius 3 is 2.77 bits per heavy atom. The van der Waals surface area contributed by atoms with Crippen LogP contribution in [0.1, 0.15) is 36.8 Å². The normalized spacial score (nSPS) is 23.9. The average Bonchev–Trinajstić information content (AvgIpc) is 2.93. The van der Waals surface area contributed by atoms with Gasteiger partial charge < -0.3 is 15.5 Å². The molecule has 5 rings (SSSR count). The molecule has 0 spiro atoms. The van der Waals surface area contributed by atoms with E-state index in [1.165, 1.54) is 5.57 Å². The number of likely N-dealkylation sites (tertiary alicyclic amines) is 1. The van der Waals surface area contributed by atoms with Crippen LogP contribution in [-0.4, -0.2) is 36.5 Å². The highest BCUT2D eigenvalue weighted by Gasteiger charge is 2.30. The number of carbonyl (C=O) groups excluding carboxylic acids is 1. The molecule has 2 N–H and O–H groups in total. The van der Waals surface area contributed by atoms with Gasteiger partial charge in [-0.05, 0) is 66.7 Å². The predicted octanol–water partition coefficient (Wildman–Crippen LogP) is 3.94. The van der Waals surface area contributed by atoms with Crippen molar-refractivity contribution in [2.75, 3.05) is 19.6 Å². The molecule has 6 heteroatoms. The standard InChI is InChI=1S/C29H29N5O/c30-17-20-3-1-5-22(13-20)25-15-23-7-10-32-19-27(23)28(16-25)33-26-8-11-34(12-9-26)29(35)24-6-2-4-21(14-24)18-31/h1-5,13-16,19,23-24,26,32-33H,6-12H2. The summed E-state index contributed by atoms with van der Waals surface area (Å²) in [6, 6.07) is 12.5. The summed E-state index contributed by atoms with van der Waals surface area (Å²) >= 11 is 0. The molecule has 2 atom stereocenters. The number of rotatable bonds is 4. The third kappa shape index (κ3) is 4.93. The maximum atomic E-state index is 13.0. The van der Waals surface area contributed by atoms with Gasteiger partial charge in [-0.15, -0.1) is 0 Å². The number of nitrogens with one attached hydrogen (secondary N) is 2. The van der Waals surface area contributed by atoms with Crippen LogP contribution < -0.4 is 10.6 Å². The number of nitriles is 2. The Morgan fingerprint density at radius 1 is 1.11 bits per heavy atom. The van der Waals surface area contributed by atoms with E-state index in [1.807, 2.05) is 29.2 Å². The van der Waals surface area contributed by atoms with Crippen LogP contribution in [0.2, 0.25) is 0 Å². The Kier molecular flexibility index (Phi) is 6.55. The zero-order valence-electron chi connectivity index (χ0n) is 19.7. The average molecular weight is 464 g/mol. The molecule has 2 unspecified atom stereocenters. The number of allylic oxidation sites excluding steroid dienone is 7. The molecule has 176 valence electrons. The molecule has 35 heavy (non-hydrogen) atoms. The molecule has 6 nitrogen and oxygen atoms in total. The Hall–Kier alpha value is -4.03. The fourth-order valence-electron chi connectivity index (χ4n) is 5.34. The number of nitrogens with zero attached hydrogens (tertiary/aromatic N) is 3. The minimum atomic E-state index is -0.226. The van der Waals surface area contributed by atoms with Crippen LogP contribution in [0.4, 0.5) is 0 Å². The fourth-order valence-corrected chi connectivity index (χ4v) is 5.34. The molecule has 2 aliphatic carbocycles. The van der Waals surface area contributed by atoms with Crippen molar-refractivity contribution in [1.82, 2.24) is 15.5 Å². The molecular formula is C29H29N5O. The highest BCUT2D eigenvalue weighted by atomic mass is 16.2. The summed E-state index contributed by atoms with van der Waals surface area (Å²) in [7, 11) is 0. The van der Waals surface area contributed by atoms with E-state index in [1.54, 1.807) is 12.2 Å². The van der Waals surface area contributed by atoms with Gasteiger partial charge in [-0.2, -0.15) is 10.5 Å². The van der Waals surface area contributed by atoms with Gasteiger partial charge in [-0.3, -0.25) is 4.79 Å². The fraction of sp³-hybridized carbons (Fsp3) is 0.345. The number of carbonyl (C=O) groups is 1. The first-order valence-electron chi connectivity index (χ1n) is 12.4. The molecule has 2 heterocycles. The molecule has 0 aromatic heterocycles. The van der Waals surface area contributed by atoms with Crippen LogP contribution in [-0.2, 0) is 4.79 Å². The zero-order chi connectivity index (χ0) is 24.2. The second-order valence-corrected chi connectivity index (χ2v) is 9.54. The number of benzene rings is 1. The Morgan fingerprint density at radius 2 is 1.97 bits per heavy atom. The Balaban J connectivity index is 1.28. The number of fused-ring (bicyclic) bond motifs is 1. The summed E-state index contributed by atoms with van der Waals surface area (Å²) in [6.45, 7) is 2.38. The van der Waals surface area contributed by atoms with Crippen LogP contribution in [0.3, 0.4) is 0 Å². The molecule has 2 aliphatic heterocycles. The lowest BCUT2D eigenvalue weighted by Gasteiger charge is -2.37. The van der Waals surface area contributed by atoms with E-state index >= 15 is 0 Å². The first-order valence-corrected chi connectivity index (χ1v) is 12.4. The summed E-state index contributed by atoms with van der Waals surface area (Å²) in [5, 5.41) is 25.7. The van der Waals surface area contributed by atoms with E-state index in [4.69, 9.17) is 5.26 Å².